The third-order valence-electron chi connectivity index (χ3n) is 2.93. The zero-order valence-electron chi connectivity index (χ0n) is 10.6. The predicted octanol–water partition coefficient (Wildman–Crippen LogP) is 1.24. The van der Waals surface area contributed by atoms with Crippen molar-refractivity contribution < 1.29 is 14.6 Å². The first-order valence-electron chi connectivity index (χ1n) is 6.09. The van der Waals surface area contributed by atoms with Gasteiger partial charge in [-0.15, -0.1) is 0 Å². The molecule has 1 unspecified atom stereocenters. The van der Waals surface area contributed by atoms with E-state index in [-0.39, 0.29) is 0 Å². The van der Waals surface area contributed by atoms with Gasteiger partial charge in [0.05, 0.1) is 6.61 Å². The topological polar surface area (TPSA) is 75.5 Å². The van der Waals surface area contributed by atoms with Gasteiger partial charge >= 0.3 is 5.97 Å². The molecule has 0 amide bonds. The number of aliphatic carboxylic acids is 1. The average molecular weight is 251 g/mol. The number of carbonyl (C=O) groups is 1. The molecule has 1 aromatic rings. The van der Waals surface area contributed by atoms with E-state index in [2.05, 4.69) is 9.97 Å². The summed E-state index contributed by atoms with van der Waals surface area (Å²) in [6.45, 7) is 4.89. The van der Waals surface area contributed by atoms with Crippen LogP contribution in [0.1, 0.15) is 25.6 Å². The van der Waals surface area contributed by atoms with E-state index in [1.54, 1.807) is 17.9 Å². The van der Waals surface area contributed by atoms with Crippen LogP contribution in [0.15, 0.2) is 6.07 Å². The molecular weight excluding hydrogens is 234 g/mol. The van der Waals surface area contributed by atoms with E-state index in [1.165, 1.54) is 0 Å². The number of nitrogens with zero attached hydrogens (tertiary/aromatic N) is 3. The molecule has 0 aliphatic carbocycles. The first-order chi connectivity index (χ1) is 8.61. The predicted molar refractivity (Wildman–Crippen MR) is 65.9 cm³/mol. The van der Waals surface area contributed by atoms with Gasteiger partial charge in [0.1, 0.15) is 17.7 Å². The quantitative estimate of drug-likeness (QED) is 0.867. The van der Waals surface area contributed by atoms with Crippen molar-refractivity contribution in [3.05, 3.63) is 11.9 Å². The van der Waals surface area contributed by atoms with Gasteiger partial charge in [-0.1, -0.05) is 0 Å². The number of hydrogen-bond donors (Lipinski definition) is 1. The number of carboxylic acids is 1. The van der Waals surface area contributed by atoms with E-state index < -0.39 is 12.0 Å². The minimum Gasteiger partial charge on any atom is -0.480 e. The first-order valence-corrected chi connectivity index (χ1v) is 6.09. The van der Waals surface area contributed by atoms with Crippen molar-refractivity contribution in [2.24, 2.45) is 0 Å². The average Bonchev–Trinajstić information content (AvgIpc) is 2.77. The van der Waals surface area contributed by atoms with Crippen molar-refractivity contribution in [3.8, 4) is 5.88 Å². The molecule has 18 heavy (non-hydrogen) atoms. The highest BCUT2D eigenvalue weighted by molar-refractivity contribution is 5.78. The van der Waals surface area contributed by atoms with Gasteiger partial charge in [-0.05, 0) is 26.7 Å². The highest BCUT2D eigenvalue weighted by atomic mass is 16.5. The van der Waals surface area contributed by atoms with Crippen LogP contribution in [-0.4, -0.2) is 40.2 Å². The molecule has 0 radical (unpaired) electrons. The fraction of sp³-hybridized carbons (Fsp3) is 0.583. The number of carboxylic acid groups (broad SMARTS) is 1. The molecule has 1 fully saturated rings. The Morgan fingerprint density at radius 2 is 2.39 bits per heavy atom. The van der Waals surface area contributed by atoms with Gasteiger partial charge in [-0.3, -0.25) is 0 Å². The standard InChI is InChI=1S/C12H17N3O3/c1-3-18-11-7-10(13-8(2)14-11)15-6-4-5-9(15)12(16)17/h7,9H,3-6H2,1-2H3,(H,16,17). The molecule has 1 atom stereocenters. The maximum absolute atomic E-state index is 11.2. The van der Waals surface area contributed by atoms with E-state index in [4.69, 9.17) is 4.74 Å². The monoisotopic (exact) mass is 251 g/mol. The smallest absolute Gasteiger partial charge is 0.326 e. The Labute approximate surface area is 106 Å². The Kier molecular flexibility index (Phi) is 3.64. The molecule has 0 saturated carbocycles. The second kappa shape index (κ2) is 5.20. The summed E-state index contributed by atoms with van der Waals surface area (Å²) in [5.41, 5.74) is 0. The third-order valence-corrected chi connectivity index (χ3v) is 2.93. The molecule has 1 aromatic heterocycles. The van der Waals surface area contributed by atoms with Crippen LogP contribution in [0.25, 0.3) is 0 Å². The molecule has 1 saturated heterocycles. The van der Waals surface area contributed by atoms with Gasteiger partial charge in [0, 0.05) is 12.6 Å². The molecule has 1 aliphatic rings. The minimum atomic E-state index is -0.804. The van der Waals surface area contributed by atoms with Crippen molar-refractivity contribution >= 4 is 11.8 Å². The second-order valence-corrected chi connectivity index (χ2v) is 4.23. The molecular formula is C12H17N3O3. The Morgan fingerprint density at radius 3 is 3.06 bits per heavy atom. The van der Waals surface area contributed by atoms with E-state index in [9.17, 15) is 9.90 Å². The molecule has 2 rings (SSSR count). The van der Waals surface area contributed by atoms with Crippen LogP contribution in [0.4, 0.5) is 5.82 Å². The van der Waals surface area contributed by atoms with Gasteiger partial charge in [-0.25, -0.2) is 9.78 Å². The summed E-state index contributed by atoms with van der Waals surface area (Å²) in [6, 6.07) is 1.21. The lowest BCUT2D eigenvalue weighted by atomic mass is 10.2. The van der Waals surface area contributed by atoms with Crippen LogP contribution < -0.4 is 9.64 Å². The maximum Gasteiger partial charge on any atom is 0.326 e. The van der Waals surface area contributed by atoms with Crippen LogP contribution in [0.5, 0.6) is 5.88 Å². The Bertz CT molecular complexity index is 450. The lowest BCUT2D eigenvalue weighted by molar-refractivity contribution is -0.138. The zero-order valence-corrected chi connectivity index (χ0v) is 10.6. The Hall–Kier alpha value is -1.85. The molecule has 6 nitrogen and oxygen atoms in total. The van der Waals surface area contributed by atoms with Crippen LogP contribution in [-0.2, 0) is 4.79 Å². The maximum atomic E-state index is 11.2. The first kappa shape index (κ1) is 12.6. The number of ether oxygens (including phenoxy) is 1. The molecule has 2 heterocycles. The molecule has 1 aliphatic heterocycles. The zero-order chi connectivity index (χ0) is 13.1. The van der Waals surface area contributed by atoms with Crippen molar-refractivity contribution in [3.63, 3.8) is 0 Å². The molecule has 0 bridgehead atoms. The van der Waals surface area contributed by atoms with Crippen LogP contribution in [0, 0.1) is 6.92 Å². The van der Waals surface area contributed by atoms with Gasteiger partial charge in [0.25, 0.3) is 0 Å². The Morgan fingerprint density at radius 1 is 1.61 bits per heavy atom. The van der Waals surface area contributed by atoms with Crippen molar-refractivity contribution in [2.45, 2.75) is 32.7 Å². The molecule has 0 aromatic carbocycles. The van der Waals surface area contributed by atoms with Crippen LogP contribution in [0.2, 0.25) is 0 Å². The fourth-order valence-electron chi connectivity index (χ4n) is 2.19. The summed E-state index contributed by atoms with van der Waals surface area (Å²) in [6.07, 6.45) is 1.52. The van der Waals surface area contributed by atoms with Crippen LogP contribution >= 0.6 is 0 Å². The summed E-state index contributed by atoms with van der Waals surface area (Å²) in [5.74, 6) is 0.917. The molecule has 6 heteroatoms. The van der Waals surface area contributed by atoms with E-state index in [0.29, 0.717) is 37.1 Å². The fourth-order valence-corrected chi connectivity index (χ4v) is 2.19. The van der Waals surface area contributed by atoms with Crippen molar-refractivity contribution in [1.29, 1.82) is 0 Å². The molecule has 98 valence electrons. The number of hydrogen-bond acceptors (Lipinski definition) is 5. The minimum absolute atomic E-state index is 0.492. The third kappa shape index (κ3) is 2.52. The van der Waals surface area contributed by atoms with Crippen molar-refractivity contribution in [2.75, 3.05) is 18.1 Å². The molecule has 0 spiro atoms. The Balaban J connectivity index is 2.29. The second-order valence-electron chi connectivity index (χ2n) is 4.23. The molecule has 1 N–H and O–H groups in total. The lowest BCUT2D eigenvalue weighted by Gasteiger charge is -2.22. The number of aromatic nitrogens is 2. The largest absolute Gasteiger partial charge is 0.480 e. The van der Waals surface area contributed by atoms with Crippen LogP contribution in [0.3, 0.4) is 0 Å². The number of anilines is 1. The van der Waals surface area contributed by atoms with Gasteiger partial charge in [-0.2, -0.15) is 4.98 Å². The van der Waals surface area contributed by atoms with Gasteiger partial charge < -0.3 is 14.7 Å². The number of rotatable bonds is 4. The van der Waals surface area contributed by atoms with E-state index in [0.717, 1.165) is 6.42 Å². The summed E-state index contributed by atoms with van der Waals surface area (Å²) in [5, 5.41) is 9.17. The lowest BCUT2D eigenvalue weighted by Crippen LogP contribution is -2.36. The summed E-state index contributed by atoms with van der Waals surface area (Å²) in [4.78, 5) is 21.4. The SMILES string of the molecule is CCOc1cc(N2CCCC2C(=O)O)nc(C)n1. The van der Waals surface area contributed by atoms with Crippen molar-refractivity contribution in [1.82, 2.24) is 9.97 Å². The number of aryl methyl sites for hydroxylation is 1. The summed E-state index contributed by atoms with van der Waals surface area (Å²) in [7, 11) is 0. The van der Waals surface area contributed by atoms with Gasteiger partial charge in [0.2, 0.25) is 5.88 Å². The van der Waals surface area contributed by atoms with E-state index in [1.807, 2.05) is 6.92 Å². The summed E-state index contributed by atoms with van der Waals surface area (Å²) >= 11 is 0. The van der Waals surface area contributed by atoms with Gasteiger partial charge in [0.15, 0.2) is 0 Å². The van der Waals surface area contributed by atoms with E-state index >= 15 is 0 Å². The highest BCUT2D eigenvalue weighted by Crippen LogP contribution is 2.26. The normalized spacial score (nSPS) is 19.0. The highest BCUT2D eigenvalue weighted by Gasteiger charge is 2.31. The summed E-state index contributed by atoms with van der Waals surface area (Å²) < 4.78 is 5.36.